The molecule has 0 radical (unpaired) electrons. The van der Waals surface area contributed by atoms with Crippen LogP contribution >= 0.6 is 7.82 Å². The molecule has 0 aliphatic heterocycles. The number of hydrogen-bond donors (Lipinski definition) is 1. The molecule has 1 unspecified atom stereocenters. The summed E-state index contributed by atoms with van der Waals surface area (Å²) in [5, 5.41) is 0.887. The summed E-state index contributed by atoms with van der Waals surface area (Å²) in [6.45, 7) is 1.87. The Morgan fingerprint density at radius 3 is 2.52 bits per heavy atom. The molecule has 0 amide bonds. The molecule has 0 spiro atoms. The Bertz CT molecular complexity index is 1540. The van der Waals surface area contributed by atoms with Crippen LogP contribution in [0.15, 0.2) is 42.9 Å². The quantitative estimate of drug-likeness (QED) is 0.216. The third-order valence-electron chi connectivity index (χ3n) is 5.33. The molecule has 1 aromatic carbocycles. The van der Waals surface area contributed by atoms with Gasteiger partial charge in [0, 0.05) is 36.8 Å². The second kappa shape index (κ2) is 9.73. The Morgan fingerprint density at radius 2 is 1.82 bits per heavy atom. The Hall–Kier alpha value is -1.33. The van der Waals surface area contributed by atoms with Crippen LogP contribution in [0.5, 0.6) is 5.75 Å². The van der Waals surface area contributed by atoms with Crippen LogP contribution in [-0.2, 0) is 16.1 Å². The number of fused-ring (bicyclic) bond motifs is 4. The van der Waals surface area contributed by atoms with Gasteiger partial charge < -0.3 is 16.8 Å². The molecule has 0 fully saturated rings. The number of methoxy groups -OCH3 is 1. The molecule has 10 nitrogen and oxygen atoms in total. The summed E-state index contributed by atoms with van der Waals surface area (Å²) in [6, 6.07) is 7.60. The fourth-order valence-electron chi connectivity index (χ4n) is 3.86. The number of phosphoric ester groups is 1. The molecule has 5 aromatic rings. The normalized spacial score (nSPS) is 13.0. The zero-order valence-corrected chi connectivity index (χ0v) is 24.2. The van der Waals surface area contributed by atoms with Crippen molar-refractivity contribution in [2.24, 2.45) is 7.05 Å². The molecule has 33 heavy (non-hydrogen) atoms. The van der Waals surface area contributed by atoms with Crippen LogP contribution in [0, 0.1) is 6.92 Å². The number of aromatic nitrogens is 5. The van der Waals surface area contributed by atoms with Gasteiger partial charge in [-0.3, -0.25) is 13.8 Å². The van der Waals surface area contributed by atoms with Crippen LogP contribution in [-0.4, -0.2) is 42.8 Å². The van der Waals surface area contributed by atoms with Crippen molar-refractivity contribution in [1.82, 2.24) is 23.7 Å². The van der Waals surface area contributed by atoms with Crippen molar-refractivity contribution in [2.45, 2.75) is 6.92 Å². The second-order valence-corrected chi connectivity index (χ2v) is 8.59. The van der Waals surface area contributed by atoms with E-state index in [9.17, 15) is 9.46 Å². The van der Waals surface area contributed by atoms with Crippen LogP contribution in [0.1, 0.15) is 8.68 Å². The van der Waals surface area contributed by atoms with Gasteiger partial charge in [0.05, 0.1) is 36.2 Å². The number of aryl methyl sites for hydroxylation is 2. The zero-order chi connectivity index (χ0) is 21.9. The predicted molar refractivity (Wildman–Crippen MR) is 117 cm³/mol. The van der Waals surface area contributed by atoms with Gasteiger partial charge in [0.1, 0.15) is 11.6 Å². The molecule has 1 atom stereocenters. The fraction of sp³-hybridized carbons (Fsp3) is 0.200. The van der Waals surface area contributed by atoms with Gasteiger partial charge in [0.2, 0.25) is 0 Å². The first kappa shape index (κ1) is 26.3. The molecule has 164 valence electrons. The van der Waals surface area contributed by atoms with Crippen LogP contribution in [0.2, 0.25) is 0 Å². The standard InChI is InChI=1S/C20H20N5O5P.2Na.2H/c1-12-21-9-13-10-22-20-19(24(12)13)8-18(25(20)30-31(26,27)29-4)16-11-23(2)17-6-5-14(28-3)7-15(16)17;;;;/h5-11H,1-4H3,(H,26,27);;;;/q;2*+1;2*-1. The van der Waals surface area contributed by atoms with Crippen molar-refractivity contribution in [2.75, 3.05) is 14.2 Å². The molecular weight excluding hydrogens is 467 g/mol. The summed E-state index contributed by atoms with van der Waals surface area (Å²) in [7, 11) is 0.267. The largest absolute Gasteiger partial charge is 1.00 e. The Balaban J connectivity index is 0.00000153. The average Bonchev–Trinajstić information content (AvgIpc) is 3.41. The van der Waals surface area contributed by atoms with E-state index in [0.29, 0.717) is 22.6 Å². The van der Waals surface area contributed by atoms with E-state index in [1.54, 1.807) is 19.5 Å². The van der Waals surface area contributed by atoms with Gasteiger partial charge in [-0.05, 0) is 31.2 Å². The van der Waals surface area contributed by atoms with Crippen LogP contribution in [0.4, 0.5) is 0 Å². The number of phosphoric acid groups is 1. The fourth-order valence-corrected chi connectivity index (χ4v) is 4.29. The Morgan fingerprint density at radius 1 is 1.09 bits per heavy atom. The summed E-state index contributed by atoms with van der Waals surface area (Å²) in [5.41, 5.74) is 4.11. The van der Waals surface area contributed by atoms with Crippen molar-refractivity contribution in [3.05, 3.63) is 48.7 Å². The maximum absolute atomic E-state index is 12.3. The van der Waals surface area contributed by atoms with E-state index in [0.717, 1.165) is 34.9 Å². The van der Waals surface area contributed by atoms with Gasteiger partial charge in [0.15, 0.2) is 5.65 Å². The maximum atomic E-state index is 12.3. The van der Waals surface area contributed by atoms with Crippen molar-refractivity contribution in [3.8, 4) is 17.0 Å². The van der Waals surface area contributed by atoms with E-state index >= 15 is 0 Å². The van der Waals surface area contributed by atoms with Gasteiger partial charge in [-0.1, -0.05) is 0 Å². The van der Waals surface area contributed by atoms with E-state index in [-0.39, 0.29) is 62.0 Å². The number of imidazole rings is 1. The monoisotopic (exact) mass is 489 g/mol. The van der Waals surface area contributed by atoms with E-state index < -0.39 is 7.82 Å². The minimum absolute atomic E-state index is 0. The van der Waals surface area contributed by atoms with Crippen molar-refractivity contribution in [3.63, 3.8) is 0 Å². The number of hydrogen-bond acceptors (Lipinski definition) is 6. The number of benzene rings is 1. The average molecular weight is 489 g/mol. The SMILES string of the molecule is COc1ccc2c(c1)c(-c1cc3c(ncc4cnc(C)n43)n1OP(=O)(O)OC)cn2C.[H-].[H-].[Na+].[Na+]. The maximum Gasteiger partial charge on any atom is 1.00 e. The summed E-state index contributed by atoms with van der Waals surface area (Å²) in [4.78, 5) is 18.9. The summed E-state index contributed by atoms with van der Waals surface area (Å²) >= 11 is 0. The molecule has 4 heterocycles. The molecule has 0 aliphatic rings. The topological polar surface area (TPSA) is 105 Å². The molecule has 0 aliphatic carbocycles. The van der Waals surface area contributed by atoms with Crippen LogP contribution < -0.4 is 68.5 Å². The minimum atomic E-state index is -4.37. The van der Waals surface area contributed by atoms with Crippen molar-refractivity contribution < 1.29 is 85.3 Å². The van der Waals surface area contributed by atoms with Gasteiger partial charge in [-0.2, -0.15) is 4.73 Å². The van der Waals surface area contributed by atoms with Crippen LogP contribution in [0.25, 0.3) is 38.8 Å². The third-order valence-corrected chi connectivity index (χ3v) is 6.16. The van der Waals surface area contributed by atoms with Gasteiger partial charge in [-0.15, -0.1) is 0 Å². The van der Waals surface area contributed by atoms with Gasteiger partial charge in [-0.25, -0.2) is 14.5 Å². The molecule has 1 N–H and O–H groups in total. The summed E-state index contributed by atoms with van der Waals surface area (Å²) in [6.07, 6.45) is 5.27. The first-order chi connectivity index (χ1) is 14.8. The smallest absolute Gasteiger partial charge is 1.00 e. The Labute approximate surface area is 236 Å². The molecule has 0 saturated heterocycles. The number of rotatable bonds is 5. The number of ether oxygens (including phenoxy) is 1. The van der Waals surface area contributed by atoms with Gasteiger partial charge in [0.25, 0.3) is 0 Å². The molecule has 0 bridgehead atoms. The van der Waals surface area contributed by atoms with Crippen LogP contribution in [0.3, 0.4) is 0 Å². The Kier molecular flexibility index (Phi) is 7.75. The zero-order valence-electron chi connectivity index (χ0n) is 21.3. The first-order valence-electron chi connectivity index (χ1n) is 9.39. The van der Waals surface area contributed by atoms with Crippen molar-refractivity contribution >= 4 is 35.4 Å². The minimum Gasteiger partial charge on any atom is -1.00 e. The number of nitrogens with zero attached hydrogens (tertiary/aromatic N) is 5. The van der Waals surface area contributed by atoms with E-state index in [1.165, 1.54) is 4.73 Å². The molecule has 13 heteroatoms. The summed E-state index contributed by atoms with van der Waals surface area (Å²) < 4.78 is 33.0. The van der Waals surface area contributed by atoms with Crippen molar-refractivity contribution in [1.29, 1.82) is 0 Å². The first-order valence-corrected chi connectivity index (χ1v) is 10.9. The van der Waals surface area contributed by atoms with E-state index in [4.69, 9.17) is 9.36 Å². The van der Waals surface area contributed by atoms with Gasteiger partial charge >= 0.3 is 66.9 Å². The second-order valence-electron chi connectivity index (χ2n) is 7.13. The predicted octanol–water partition coefficient (Wildman–Crippen LogP) is -2.43. The molecule has 5 rings (SSSR count). The van der Waals surface area contributed by atoms with E-state index in [2.05, 4.69) is 14.5 Å². The molecule has 0 saturated carbocycles. The molecular formula is C20H22N5Na2O5P. The van der Waals surface area contributed by atoms with E-state index in [1.807, 2.05) is 53.4 Å². The third kappa shape index (κ3) is 4.40. The summed E-state index contributed by atoms with van der Waals surface area (Å²) in [5.74, 6) is 1.45. The molecule has 4 aromatic heterocycles.